The zero-order valence-electron chi connectivity index (χ0n) is 13.9. The molecule has 0 aliphatic heterocycles. The van der Waals surface area contributed by atoms with Crippen LogP contribution in [0.4, 0.5) is 5.69 Å². The van der Waals surface area contributed by atoms with Gasteiger partial charge in [0.2, 0.25) is 0 Å². The van der Waals surface area contributed by atoms with Gasteiger partial charge in [0.1, 0.15) is 0 Å². The van der Waals surface area contributed by atoms with Gasteiger partial charge in [-0.1, -0.05) is 46.6 Å². The molecule has 6 nitrogen and oxygen atoms in total. The molecule has 2 N–H and O–H groups in total. The molecule has 134 valence electrons. The first-order chi connectivity index (χ1) is 12.5. The molecular formula is C18H16Cl2N4O2. The summed E-state index contributed by atoms with van der Waals surface area (Å²) in [4.78, 5) is 12.5. The lowest BCUT2D eigenvalue weighted by Crippen LogP contribution is -2.14. The van der Waals surface area contributed by atoms with Crippen molar-refractivity contribution in [2.75, 3.05) is 5.32 Å². The molecule has 26 heavy (non-hydrogen) atoms. The lowest BCUT2D eigenvalue weighted by atomic mass is 10.2. The quantitative estimate of drug-likeness (QED) is 0.695. The number of benzene rings is 2. The van der Waals surface area contributed by atoms with Crippen LogP contribution in [0.15, 0.2) is 42.5 Å². The topological polar surface area (TPSA) is 80.0 Å². The third-order valence-corrected chi connectivity index (χ3v) is 4.62. The van der Waals surface area contributed by atoms with Gasteiger partial charge < -0.3 is 10.4 Å². The molecule has 0 atom stereocenters. The highest BCUT2D eigenvalue weighted by Gasteiger charge is 2.17. The van der Waals surface area contributed by atoms with Gasteiger partial charge >= 0.3 is 0 Å². The fourth-order valence-corrected chi connectivity index (χ4v) is 2.79. The summed E-state index contributed by atoms with van der Waals surface area (Å²) in [5.41, 5.74) is 3.06. The summed E-state index contributed by atoms with van der Waals surface area (Å²) in [6.45, 7) is 2.10. The fourth-order valence-electron chi connectivity index (χ4n) is 2.47. The van der Waals surface area contributed by atoms with Crippen molar-refractivity contribution in [1.29, 1.82) is 0 Å². The molecule has 0 saturated heterocycles. The summed E-state index contributed by atoms with van der Waals surface area (Å²) in [5, 5.41) is 20.9. The molecule has 1 heterocycles. The number of hydrogen-bond acceptors (Lipinski definition) is 4. The van der Waals surface area contributed by atoms with Gasteiger partial charge in [0.25, 0.3) is 5.91 Å². The van der Waals surface area contributed by atoms with Crippen LogP contribution in [0, 0.1) is 6.92 Å². The maximum absolute atomic E-state index is 12.5. The Bertz CT molecular complexity index is 956. The SMILES string of the molecule is Cc1c(C(=O)Nc2cccc(CO)c2)nnn1Cc1ccc(Cl)c(Cl)c1. The van der Waals surface area contributed by atoms with Crippen molar-refractivity contribution < 1.29 is 9.90 Å². The summed E-state index contributed by atoms with van der Waals surface area (Å²) in [7, 11) is 0. The number of anilines is 1. The highest BCUT2D eigenvalue weighted by Crippen LogP contribution is 2.23. The van der Waals surface area contributed by atoms with Gasteiger partial charge in [-0.2, -0.15) is 0 Å². The van der Waals surface area contributed by atoms with E-state index in [9.17, 15) is 9.90 Å². The van der Waals surface area contributed by atoms with Crippen molar-refractivity contribution in [3.63, 3.8) is 0 Å². The van der Waals surface area contributed by atoms with Crippen molar-refractivity contribution in [3.05, 3.63) is 75.0 Å². The fraction of sp³-hybridized carbons (Fsp3) is 0.167. The van der Waals surface area contributed by atoms with E-state index >= 15 is 0 Å². The van der Waals surface area contributed by atoms with Crippen molar-refractivity contribution in [2.24, 2.45) is 0 Å². The lowest BCUT2D eigenvalue weighted by Gasteiger charge is -2.07. The van der Waals surface area contributed by atoms with Crippen LogP contribution >= 0.6 is 23.2 Å². The molecular weight excluding hydrogens is 375 g/mol. The molecule has 0 radical (unpaired) electrons. The van der Waals surface area contributed by atoms with Crippen LogP contribution in [0.2, 0.25) is 10.0 Å². The van der Waals surface area contributed by atoms with Crippen LogP contribution < -0.4 is 5.32 Å². The maximum Gasteiger partial charge on any atom is 0.278 e. The van der Waals surface area contributed by atoms with Crippen molar-refractivity contribution in [2.45, 2.75) is 20.1 Å². The van der Waals surface area contributed by atoms with Crippen LogP contribution in [-0.2, 0) is 13.2 Å². The maximum atomic E-state index is 12.5. The van der Waals surface area contributed by atoms with E-state index in [0.29, 0.717) is 33.5 Å². The second-order valence-corrected chi connectivity index (χ2v) is 6.56. The van der Waals surface area contributed by atoms with Gasteiger partial charge in [-0.05, 0) is 42.3 Å². The number of carbonyl (C=O) groups is 1. The summed E-state index contributed by atoms with van der Waals surface area (Å²) in [5.74, 6) is -0.363. The van der Waals surface area contributed by atoms with E-state index in [1.165, 1.54) is 0 Å². The van der Waals surface area contributed by atoms with Gasteiger partial charge in [0, 0.05) is 5.69 Å². The van der Waals surface area contributed by atoms with Gasteiger partial charge in [0.15, 0.2) is 5.69 Å². The predicted molar refractivity (Wildman–Crippen MR) is 101 cm³/mol. The largest absolute Gasteiger partial charge is 0.392 e. The van der Waals surface area contributed by atoms with Crippen molar-refractivity contribution in [1.82, 2.24) is 15.0 Å². The summed E-state index contributed by atoms with van der Waals surface area (Å²) < 4.78 is 1.62. The molecule has 2 aromatic carbocycles. The number of halogens is 2. The molecule has 0 saturated carbocycles. The highest BCUT2D eigenvalue weighted by atomic mass is 35.5. The predicted octanol–water partition coefficient (Wildman–Crippen LogP) is 3.69. The van der Waals surface area contributed by atoms with Crippen LogP contribution in [0.5, 0.6) is 0 Å². The third kappa shape index (κ3) is 4.04. The van der Waals surface area contributed by atoms with E-state index in [0.717, 1.165) is 5.56 Å². The third-order valence-electron chi connectivity index (χ3n) is 3.88. The number of hydrogen-bond donors (Lipinski definition) is 2. The molecule has 8 heteroatoms. The smallest absolute Gasteiger partial charge is 0.278 e. The highest BCUT2D eigenvalue weighted by molar-refractivity contribution is 6.42. The molecule has 0 aliphatic rings. The number of aliphatic hydroxyl groups is 1. The van der Waals surface area contributed by atoms with Gasteiger partial charge in [-0.3, -0.25) is 4.79 Å². The average Bonchev–Trinajstić information content (AvgIpc) is 2.99. The monoisotopic (exact) mass is 390 g/mol. The average molecular weight is 391 g/mol. The van der Waals surface area contributed by atoms with E-state index in [-0.39, 0.29) is 18.2 Å². The number of aliphatic hydroxyl groups excluding tert-OH is 1. The molecule has 0 bridgehead atoms. The molecule has 0 fully saturated rings. The van der Waals surface area contributed by atoms with Gasteiger partial charge in [0.05, 0.1) is 28.9 Å². The zero-order valence-corrected chi connectivity index (χ0v) is 15.4. The molecule has 1 amide bonds. The minimum Gasteiger partial charge on any atom is -0.392 e. The molecule has 3 rings (SSSR count). The van der Waals surface area contributed by atoms with E-state index in [1.54, 1.807) is 48.0 Å². The Morgan fingerprint density at radius 3 is 2.69 bits per heavy atom. The lowest BCUT2D eigenvalue weighted by molar-refractivity contribution is 0.102. The number of rotatable bonds is 5. The first-order valence-corrected chi connectivity index (χ1v) is 8.58. The van der Waals surface area contributed by atoms with E-state index in [4.69, 9.17) is 23.2 Å². The minimum atomic E-state index is -0.363. The Balaban J connectivity index is 1.77. The summed E-state index contributed by atoms with van der Waals surface area (Å²) >= 11 is 12.0. The number of aromatic nitrogens is 3. The molecule has 1 aromatic heterocycles. The summed E-state index contributed by atoms with van der Waals surface area (Å²) in [6.07, 6.45) is 0. The zero-order chi connectivity index (χ0) is 18.7. The van der Waals surface area contributed by atoms with E-state index in [1.807, 2.05) is 6.07 Å². The van der Waals surface area contributed by atoms with Crippen LogP contribution in [0.1, 0.15) is 27.3 Å². The Morgan fingerprint density at radius 1 is 1.15 bits per heavy atom. The Hall–Kier alpha value is -2.41. The second-order valence-electron chi connectivity index (χ2n) is 5.74. The summed E-state index contributed by atoms with van der Waals surface area (Å²) in [6, 6.07) is 12.3. The van der Waals surface area contributed by atoms with E-state index in [2.05, 4.69) is 15.6 Å². The number of nitrogens with one attached hydrogen (secondary N) is 1. The van der Waals surface area contributed by atoms with Crippen molar-refractivity contribution in [3.8, 4) is 0 Å². The Morgan fingerprint density at radius 2 is 1.96 bits per heavy atom. The Kier molecular flexibility index (Phi) is 5.56. The first-order valence-electron chi connectivity index (χ1n) is 7.83. The van der Waals surface area contributed by atoms with Gasteiger partial charge in [-0.25, -0.2) is 4.68 Å². The van der Waals surface area contributed by atoms with Crippen LogP contribution in [0.25, 0.3) is 0 Å². The minimum absolute atomic E-state index is 0.0947. The first kappa shape index (κ1) is 18.4. The van der Waals surface area contributed by atoms with Gasteiger partial charge in [-0.15, -0.1) is 5.10 Å². The molecule has 0 unspecified atom stereocenters. The normalized spacial score (nSPS) is 10.8. The number of nitrogens with zero attached hydrogens (tertiary/aromatic N) is 3. The van der Waals surface area contributed by atoms with Crippen LogP contribution in [-0.4, -0.2) is 26.0 Å². The van der Waals surface area contributed by atoms with E-state index < -0.39 is 0 Å². The second kappa shape index (κ2) is 7.86. The number of carbonyl (C=O) groups excluding carboxylic acids is 1. The standard InChI is InChI=1S/C18H16Cl2N4O2/c1-11-17(18(26)21-14-4-2-3-13(7-14)10-25)22-23-24(11)9-12-5-6-15(19)16(20)8-12/h2-8,25H,9-10H2,1H3,(H,21,26). The Labute approximate surface area is 160 Å². The van der Waals surface area contributed by atoms with Crippen molar-refractivity contribution >= 4 is 34.8 Å². The molecule has 3 aromatic rings. The molecule has 0 spiro atoms. The molecule has 0 aliphatic carbocycles. The number of amides is 1. The van der Waals surface area contributed by atoms with Crippen LogP contribution in [0.3, 0.4) is 0 Å².